The molecule has 0 aromatic rings. The van der Waals surface area contributed by atoms with Gasteiger partial charge in [0, 0.05) is 19.8 Å². The molecule has 0 N–H and O–H groups in total. The number of hydrogen-bond acceptors (Lipinski definition) is 4. The molecule has 0 amide bonds. The summed E-state index contributed by atoms with van der Waals surface area (Å²) >= 11 is 0. The van der Waals surface area contributed by atoms with E-state index in [4.69, 9.17) is 9.47 Å². The molecule has 4 heteroatoms. The molecule has 4 fully saturated rings. The molecule has 0 radical (unpaired) electrons. The molecule has 0 bridgehead atoms. The predicted octanol–water partition coefficient (Wildman–Crippen LogP) is 7.60. The smallest absolute Gasteiger partial charge is 0.302 e. The highest BCUT2D eigenvalue weighted by Crippen LogP contribution is 2.68. The highest BCUT2D eigenvalue weighted by molar-refractivity contribution is 5.66. The summed E-state index contributed by atoms with van der Waals surface area (Å²) in [6.45, 7) is 17.5. The molecule has 4 nitrogen and oxygen atoms in total. The van der Waals surface area contributed by atoms with Gasteiger partial charge in [0.2, 0.25) is 0 Å². The molecule has 4 aliphatic carbocycles. The lowest BCUT2D eigenvalue weighted by Crippen LogP contribution is -2.59. The average Bonchev–Trinajstić information content (AvgIpc) is 3.14. The lowest BCUT2D eigenvalue weighted by Gasteiger charge is -2.62. The van der Waals surface area contributed by atoms with Gasteiger partial charge in [-0.25, -0.2) is 0 Å². The Kier molecular flexibility index (Phi) is 8.04. The van der Waals surface area contributed by atoms with Crippen LogP contribution in [0.5, 0.6) is 0 Å². The molecule has 4 aliphatic rings. The number of carbonyl (C=O) groups excluding carboxylic acids is 2. The van der Waals surface area contributed by atoms with Gasteiger partial charge in [0.05, 0.1) is 0 Å². The van der Waals surface area contributed by atoms with Gasteiger partial charge in [0.1, 0.15) is 12.2 Å². The zero-order chi connectivity index (χ0) is 26.4. The van der Waals surface area contributed by atoms with Gasteiger partial charge in [-0.3, -0.25) is 9.59 Å². The Balaban J connectivity index is 1.57. The van der Waals surface area contributed by atoms with Crippen LogP contribution >= 0.6 is 0 Å². The van der Waals surface area contributed by atoms with Crippen LogP contribution in [0.4, 0.5) is 0 Å². The van der Waals surface area contributed by atoms with Crippen molar-refractivity contribution in [2.75, 3.05) is 0 Å². The standard InChI is InChI=1S/C32H52O4/c1-19(2)20(3)9-10-21(4)26-11-12-27-25-18-30(36-23(6)34)29-17-24(35-22(5)33)13-15-32(29,8)28(25)14-16-31(26,27)7/h9-10,19-21,24-30H,11-18H2,1-8H3/b10-9+/t20-,21+,24+,25+,26+,27-,28+,29+,30+,31+,32-/m0/s1. The predicted molar refractivity (Wildman–Crippen MR) is 144 cm³/mol. The second-order valence-corrected chi connectivity index (χ2v) is 14.0. The van der Waals surface area contributed by atoms with E-state index in [0.717, 1.165) is 31.6 Å². The van der Waals surface area contributed by atoms with E-state index in [1.54, 1.807) is 6.92 Å². The van der Waals surface area contributed by atoms with Crippen molar-refractivity contribution in [3.63, 3.8) is 0 Å². The van der Waals surface area contributed by atoms with Crippen LogP contribution in [0.15, 0.2) is 12.2 Å². The number of ether oxygens (including phenoxy) is 2. The lowest BCUT2D eigenvalue weighted by molar-refractivity contribution is -0.196. The Bertz CT molecular complexity index is 847. The van der Waals surface area contributed by atoms with Crippen LogP contribution in [0.25, 0.3) is 0 Å². The largest absolute Gasteiger partial charge is 0.463 e. The van der Waals surface area contributed by atoms with Crippen LogP contribution in [-0.4, -0.2) is 24.1 Å². The maximum absolute atomic E-state index is 12.2. The van der Waals surface area contributed by atoms with Crippen LogP contribution in [0.1, 0.15) is 107 Å². The summed E-state index contributed by atoms with van der Waals surface area (Å²) in [6.07, 6.45) is 13.9. The molecule has 4 saturated carbocycles. The molecular weight excluding hydrogens is 448 g/mol. The highest BCUT2D eigenvalue weighted by Gasteiger charge is 2.63. The summed E-state index contributed by atoms with van der Waals surface area (Å²) in [7, 11) is 0. The minimum atomic E-state index is -0.197. The Morgan fingerprint density at radius 3 is 2.06 bits per heavy atom. The quantitative estimate of drug-likeness (QED) is 0.278. The van der Waals surface area contributed by atoms with E-state index in [0.29, 0.717) is 40.9 Å². The summed E-state index contributed by atoms with van der Waals surface area (Å²) in [5, 5.41) is 0. The van der Waals surface area contributed by atoms with Crippen molar-refractivity contribution in [3.8, 4) is 0 Å². The molecule has 0 unspecified atom stereocenters. The Hall–Kier alpha value is -1.32. The third-order valence-electron chi connectivity index (χ3n) is 11.7. The fourth-order valence-corrected chi connectivity index (χ4v) is 9.53. The van der Waals surface area contributed by atoms with Gasteiger partial charge in [-0.2, -0.15) is 0 Å². The fourth-order valence-electron chi connectivity index (χ4n) is 9.53. The molecule has 0 saturated heterocycles. The van der Waals surface area contributed by atoms with Gasteiger partial charge in [0.25, 0.3) is 0 Å². The zero-order valence-corrected chi connectivity index (χ0v) is 24.2. The van der Waals surface area contributed by atoms with E-state index in [-0.39, 0.29) is 35.5 Å². The van der Waals surface area contributed by atoms with Crippen LogP contribution < -0.4 is 0 Å². The topological polar surface area (TPSA) is 52.6 Å². The van der Waals surface area contributed by atoms with Crippen molar-refractivity contribution < 1.29 is 19.1 Å². The van der Waals surface area contributed by atoms with Gasteiger partial charge in [-0.05, 0) is 104 Å². The monoisotopic (exact) mass is 500 g/mol. The van der Waals surface area contributed by atoms with Crippen molar-refractivity contribution in [1.29, 1.82) is 0 Å². The van der Waals surface area contributed by atoms with E-state index in [2.05, 4.69) is 53.7 Å². The summed E-state index contributed by atoms with van der Waals surface area (Å²) in [6, 6.07) is 0. The maximum Gasteiger partial charge on any atom is 0.302 e. The number of carbonyl (C=O) groups is 2. The van der Waals surface area contributed by atoms with Crippen LogP contribution in [0.2, 0.25) is 0 Å². The van der Waals surface area contributed by atoms with Gasteiger partial charge in [-0.1, -0.05) is 53.7 Å². The SMILES string of the molecule is CC(=O)O[C@@H]1CC[C@@]2(C)[C@@H]3CC[C@]4(C)[C@@H]([C@H](C)/C=C/[C@H](C)C(C)C)CC[C@H]4[C@H]3C[C@@H](OC(C)=O)[C@H]2C1. The number of rotatable bonds is 6. The second kappa shape index (κ2) is 10.4. The first-order valence-corrected chi connectivity index (χ1v) is 14.9. The normalized spacial score (nSPS) is 43.9. The number of allylic oxidation sites excluding steroid dienone is 2. The molecule has 204 valence electrons. The average molecular weight is 501 g/mol. The van der Waals surface area contributed by atoms with E-state index < -0.39 is 0 Å². The van der Waals surface area contributed by atoms with Crippen molar-refractivity contribution in [2.24, 2.45) is 58.2 Å². The first-order chi connectivity index (χ1) is 16.9. The summed E-state index contributed by atoms with van der Waals surface area (Å²) in [5.41, 5.74) is 0.516. The van der Waals surface area contributed by atoms with Crippen LogP contribution in [0, 0.1) is 58.2 Å². The summed E-state index contributed by atoms with van der Waals surface area (Å²) in [5.74, 6) is 4.56. The van der Waals surface area contributed by atoms with Crippen molar-refractivity contribution in [2.45, 2.75) is 119 Å². The molecule has 0 aromatic carbocycles. The molecule has 36 heavy (non-hydrogen) atoms. The number of hydrogen-bond donors (Lipinski definition) is 0. The van der Waals surface area contributed by atoms with E-state index in [1.807, 2.05) is 0 Å². The summed E-state index contributed by atoms with van der Waals surface area (Å²) < 4.78 is 11.7. The fraction of sp³-hybridized carbons (Fsp3) is 0.875. The van der Waals surface area contributed by atoms with Gasteiger partial charge >= 0.3 is 11.9 Å². The minimum Gasteiger partial charge on any atom is -0.463 e. The first-order valence-electron chi connectivity index (χ1n) is 14.9. The van der Waals surface area contributed by atoms with Gasteiger partial charge in [0.15, 0.2) is 0 Å². The van der Waals surface area contributed by atoms with E-state index in [1.165, 1.54) is 32.6 Å². The van der Waals surface area contributed by atoms with Crippen molar-refractivity contribution in [3.05, 3.63) is 12.2 Å². The molecule has 0 aromatic heterocycles. The second-order valence-electron chi connectivity index (χ2n) is 14.0. The zero-order valence-electron chi connectivity index (χ0n) is 24.2. The summed E-state index contributed by atoms with van der Waals surface area (Å²) in [4.78, 5) is 23.9. The van der Waals surface area contributed by atoms with Crippen LogP contribution in [-0.2, 0) is 19.1 Å². The Morgan fingerprint density at radius 2 is 1.42 bits per heavy atom. The number of fused-ring (bicyclic) bond motifs is 5. The molecule has 0 spiro atoms. The van der Waals surface area contributed by atoms with E-state index in [9.17, 15) is 9.59 Å². The van der Waals surface area contributed by atoms with Crippen LogP contribution in [0.3, 0.4) is 0 Å². The third-order valence-corrected chi connectivity index (χ3v) is 11.7. The van der Waals surface area contributed by atoms with E-state index >= 15 is 0 Å². The van der Waals surface area contributed by atoms with Crippen molar-refractivity contribution in [1.82, 2.24) is 0 Å². The van der Waals surface area contributed by atoms with Gasteiger partial charge < -0.3 is 9.47 Å². The van der Waals surface area contributed by atoms with Gasteiger partial charge in [-0.15, -0.1) is 0 Å². The molecule has 0 heterocycles. The molecule has 11 atom stereocenters. The molecule has 4 rings (SSSR count). The third kappa shape index (κ3) is 5.04. The first kappa shape index (κ1) is 27.7. The maximum atomic E-state index is 12.2. The van der Waals surface area contributed by atoms with Crippen molar-refractivity contribution >= 4 is 11.9 Å². The highest BCUT2D eigenvalue weighted by atomic mass is 16.5. The minimum absolute atomic E-state index is 0.0410. The number of esters is 2. The Labute approximate surface area is 220 Å². The lowest BCUT2D eigenvalue weighted by atomic mass is 9.43. The Morgan fingerprint density at radius 1 is 0.778 bits per heavy atom. The molecule has 0 aliphatic heterocycles. The molecular formula is C32H52O4.